The summed E-state index contributed by atoms with van der Waals surface area (Å²) in [6.45, 7) is 5.79. The molecular formula is C21H23NO3. The van der Waals surface area contributed by atoms with E-state index in [4.69, 9.17) is 4.74 Å². The highest BCUT2D eigenvalue weighted by Crippen LogP contribution is 2.23. The van der Waals surface area contributed by atoms with Gasteiger partial charge in [0.15, 0.2) is 6.61 Å². The standard InChI is InChI=1S/C21H23NO3/c1-15(2)18-6-4-5-7-19(18)22-20(23)14-25-21(24)13-12-17-10-8-16(3)9-11-17/h4-13,15H,14H2,1-3H3,(H,22,23). The summed E-state index contributed by atoms with van der Waals surface area (Å²) >= 11 is 0. The van der Waals surface area contributed by atoms with Crippen LogP contribution in [-0.2, 0) is 14.3 Å². The van der Waals surface area contributed by atoms with Crippen molar-refractivity contribution < 1.29 is 14.3 Å². The second-order valence-electron chi connectivity index (χ2n) is 6.14. The topological polar surface area (TPSA) is 55.4 Å². The van der Waals surface area contributed by atoms with Gasteiger partial charge in [-0.3, -0.25) is 4.79 Å². The fourth-order valence-electron chi connectivity index (χ4n) is 2.33. The molecular weight excluding hydrogens is 314 g/mol. The predicted molar refractivity (Wildman–Crippen MR) is 100 cm³/mol. The van der Waals surface area contributed by atoms with Crippen LogP contribution in [0.25, 0.3) is 6.08 Å². The molecule has 2 aromatic rings. The third kappa shape index (κ3) is 5.92. The Morgan fingerprint density at radius 1 is 1.08 bits per heavy atom. The second-order valence-corrected chi connectivity index (χ2v) is 6.14. The van der Waals surface area contributed by atoms with E-state index in [1.807, 2.05) is 55.5 Å². The summed E-state index contributed by atoms with van der Waals surface area (Å²) in [5, 5.41) is 2.79. The van der Waals surface area contributed by atoms with E-state index in [0.29, 0.717) is 0 Å². The van der Waals surface area contributed by atoms with E-state index in [2.05, 4.69) is 19.2 Å². The largest absolute Gasteiger partial charge is 0.452 e. The van der Waals surface area contributed by atoms with Crippen LogP contribution in [0.4, 0.5) is 5.69 Å². The summed E-state index contributed by atoms with van der Waals surface area (Å²) in [5.41, 5.74) is 3.84. The number of ether oxygens (including phenoxy) is 1. The zero-order valence-corrected chi connectivity index (χ0v) is 14.8. The number of carbonyl (C=O) groups is 2. The van der Waals surface area contributed by atoms with Crippen LogP contribution in [0.3, 0.4) is 0 Å². The van der Waals surface area contributed by atoms with Crippen LogP contribution in [0.15, 0.2) is 54.6 Å². The highest BCUT2D eigenvalue weighted by molar-refractivity contribution is 5.95. The fourth-order valence-corrected chi connectivity index (χ4v) is 2.33. The van der Waals surface area contributed by atoms with Crippen LogP contribution in [0.5, 0.6) is 0 Å². The number of amides is 1. The molecule has 0 aliphatic carbocycles. The molecule has 0 aromatic heterocycles. The molecule has 0 spiro atoms. The minimum atomic E-state index is -0.548. The second kappa shape index (κ2) is 8.83. The first-order chi connectivity index (χ1) is 12.0. The zero-order valence-electron chi connectivity index (χ0n) is 14.8. The maximum absolute atomic E-state index is 12.0. The van der Waals surface area contributed by atoms with Crippen LogP contribution < -0.4 is 5.32 Å². The minimum absolute atomic E-state index is 0.288. The Morgan fingerprint density at radius 3 is 2.44 bits per heavy atom. The first kappa shape index (κ1) is 18.5. The third-order valence-electron chi connectivity index (χ3n) is 3.69. The smallest absolute Gasteiger partial charge is 0.331 e. The van der Waals surface area contributed by atoms with Gasteiger partial charge in [0.25, 0.3) is 5.91 Å². The van der Waals surface area contributed by atoms with Crippen LogP contribution in [0.2, 0.25) is 0 Å². The van der Waals surface area contributed by atoms with Gasteiger partial charge in [0, 0.05) is 11.8 Å². The Morgan fingerprint density at radius 2 is 1.76 bits per heavy atom. The van der Waals surface area contributed by atoms with E-state index >= 15 is 0 Å². The van der Waals surface area contributed by atoms with Crippen molar-refractivity contribution in [2.75, 3.05) is 11.9 Å². The Hall–Kier alpha value is -2.88. The molecule has 0 radical (unpaired) electrons. The molecule has 0 saturated carbocycles. The van der Waals surface area contributed by atoms with Crippen molar-refractivity contribution in [3.63, 3.8) is 0 Å². The fraction of sp³-hybridized carbons (Fsp3) is 0.238. The van der Waals surface area contributed by atoms with E-state index < -0.39 is 5.97 Å². The predicted octanol–water partition coefficient (Wildman–Crippen LogP) is 4.31. The summed E-state index contributed by atoms with van der Waals surface area (Å²) in [6.07, 6.45) is 2.98. The van der Waals surface area contributed by atoms with Gasteiger partial charge in [-0.1, -0.05) is 61.9 Å². The number of carbonyl (C=O) groups excluding carboxylic acids is 2. The molecule has 1 amide bonds. The van der Waals surface area contributed by atoms with Gasteiger partial charge in [-0.15, -0.1) is 0 Å². The lowest BCUT2D eigenvalue weighted by Crippen LogP contribution is -2.21. The van der Waals surface area contributed by atoms with Crippen molar-refractivity contribution in [3.05, 3.63) is 71.3 Å². The number of esters is 1. The molecule has 4 nitrogen and oxygen atoms in total. The van der Waals surface area contributed by atoms with E-state index in [-0.39, 0.29) is 18.4 Å². The average molecular weight is 337 g/mol. The average Bonchev–Trinajstić information content (AvgIpc) is 2.59. The number of para-hydroxylation sites is 1. The lowest BCUT2D eigenvalue weighted by molar-refractivity contribution is -0.142. The van der Waals surface area contributed by atoms with E-state index in [1.165, 1.54) is 6.08 Å². The maximum atomic E-state index is 12.0. The van der Waals surface area contributed by atoms with Crippen molar-refractivity contribution in [2.24, 2.45) is 0 Å². The van der Waals surface area contributed by atoms with Crippen molar-refractivity contribution in [1.82, 2.24) is 0 Å². The Labute approximate surface area is 148 Å². The van der Waals surface area contributed by atoms with Gasteiger partial charge in [-0.05, 0) is 36.1 Å². The van der Waals surface area contributed by atoms with E-state index in [9.17, 15) is 9.59 Å². The van der Waals surface area contributed by atoms with Crippen LogP contribution in [0.1, 0.15) is 36.5 Å². The van der Waals surface area contributed by atoms with E-state index in [1.54, 1.807) is 6.08 Å². The van der Waals surface area contributed by atoms with Crippen molar-refractivity contribution >= 4 is 23.6 Å². The van der Waals surface area contributed by atoms with Crippen molar-refractivity contribution in [3.8, 4) is 0 Å². The summed E-state index contributed by atoms with van der Waals surface area (Å²) in [5.74, 6) is -0.616. The molecule has 0 aliphatic heterocycles. The number of nitrogens with one attached hydrogen (secondary N) is 1. The molecule has 0 saturated heterocycles. The molecule has 0 heterocycles. The number of aryl methyl sites for hydroxylation is 1. The molecule has 0 fully saturated rings. The number of benzene rings is 2. The maximum Gasteiger partial charge on any atom is 0.331 e. The molecule has 1 N–H and O–H groups in total. The molecule has 2 aromatic carbocycles. The van der Waals surface area contributed by atoms with Crippen LogP contribution >= 0.6 is 0 Å². The highest BCUT2D eigenvalue weighted by atomic mass is 16.5. The number of anilines is 1. The zero-order chi connectivity index (χ0) is 18.2. The number of rotatable bonds is 6. The number of hydrogen-bond acceptors (Lipinski definition) is 3. The van der Waals surface area contributed by atoms with Crippen LogP contribution in [0, 0.1) is 6.92 Å². The van der Waals surface area contributed by atoms with Gasteiger partial charge in [0.05, 0.1) is 0 Å². The molecule has 2 rings (SSSR count). The molecule has 130 valence electrons. The monoisotopic (exact) mass is 337 g/mol. The van der Waals surface area contributed by atoms with Gasteiger partial charge in [-0.25, -0.2) is 4.79 Å². The molecule has 0 aliphatic rings. The van der Waals surface area contributed by atoms with Gasteiger partial charge in [-0.2, -0.15) is 0 Å². The Bertz CT molecular complexity index is 761. The third-order valence-corrected chi connectivity index (χ3v) is 3.69. The number of hydrogen-bond donors (Lipinski definition) is 1. The molecule has 0 unspecified atom stereocenters. The quantitative estimate of drug-likeness (QED) is 0.631. The van der Waals surface area contributed by atoms with Crippen molar-refractivity contribution in [2.45, 2.75) is 26.7 Å². The van der Waals surface area contributed by atoms with Crippen molar-refractivity contribution in [1.29, 1.82) is 0 Å². The summed E-state index contributed by atoms with van der Waals surface area (Å²) in [7, 11) is 0. The highest BCUT2D eigenvalue weighted by Gasteiger charge is 2.10. The molecule has 4 heteroatoms. The van der Waals surface area contributed by atoms with Gasteiger partial charge < -0.3 is 10.1 Å². The van der Waals surface area contributed by atoms with Gasteiger partial charge in [0.2, 0.25) is 0 Å². The molecule has 0 atom stereocenters. The SMILES string of the molecule is Cc1ccc(C=CC(=O)OCC(=O)Nc2ccccc2C(C)C)cc1. The minimum Gasteiger partial charge on any atom is -0.452 e. The van der Waals surface area contributed by atoms with Gasteiger partial charge >= 0.3 is 5.97 Å². The summed E-state index contributed by atoms with van der Waals surface area (Å²) in [4.78, 5) is 23.7. The van der Waals surface area contributed by atoms with Crippen LogP contribution in [-0.4, -0.2) is 18.5 Å². The first-order valence-corrected chi connectivity index (χ1v) is 8.26. The lowest BCUT2D eigenvalue weighted by atomic mass is 10.0. The normalized spacial score (nSPS) is 10.9. The lowest BCUT2D eigenvalue weighted by Gasteiger charge is -2.13. The summed E-state index contributed by atoms with van der Waals surface area (Å²) < 4.78 is 4.98. The molecule has 25 heavy (non-hydrogen) atoms. The van der Waals surface area contributed by atoms with E-state index in [0.717, 1.165) is 22.4 Å². The Kier molecular flexibility index (Phi) is 6.52. The molecule has 0 bridgehead atoms. The summed E-state index contributed by atoms with van der Waals surface area (Å²) in [6, 6.07) is 15.3. The Balaban J connectivity index is 1.85. The first-order valence-electron chi connectivity index (χ1n) is 8.26. The van der Waals surface area contributed by atoms with Gasteiger partial charge in [0.1, 0.15) is 0 Å².